The number of fused-ring (bicyclic) bond motifs is 1. The molecule has 2 aromatic rings. The lowest BCUT2D eigenvalue weighted by atomic mass is 9.99. The van der Waals surface area contributed by atoms with Crippen LogP contribution in [0.25, 0.3) is 0 Å². The summed E-state index contributed by atoms with van der Waals surface area (Å²) in [4.78, 5) is 19.7. The second kappa shape index (κ2) is 7.93. The van der Waals surface area contributed by atoms with E-state index in [9.17, 15) is 4.79 Å². The first kappa shape index (κ1) is 17.7. The van der Waals surface area contributed by atoms with Gasteiger partial charge in [-0.05, 0) is 61.8 Å². The maximum atomic E-state index is 12.8. The van der Waals surface area contributed by atoms with Crippen molar-refractivity contribution in [3.8, 4) is 0 Å². The summed E-state index contributed by atoms with van der Waals surface area (Å²) in [6, 6.07) is 12.8. The molecule has 0 spiro atoms. The molecule has 1 fully saturated rings. The van der Waals surface area contributed by atoms with Crippen molar-refractivity contribution >= 4 is 17.2 Å². The first-order valence-corrected chi connectivity index (χ1v) is 10.6. The van der Waals surface area contributed by atoms with Crippen molar-refractivity contribution in [1.29, 1.82) is 0 Å². The molecule has 2 aliphatic rings. The summed E-state index contributed by atoms with van der Waals surface area (Å²) in [5, 5.41) is 0. The summed E-state index contributed by atoms with van der Waals surface area (Å²) in [5.41, 5.74) is 2.80. The highest BCUT2D eigenvalue weighted by Gasteiger charge is 2.26. The van der Waals surface area contributed by atoms with Crippen LogP contribution >= 0.6 is 11.3 Å². The van der Waals surface area contributed by atoms with Crippen LogP contribution < -0.4 is 0 Å². The smallest absolute Gasteiger partial charge is 0.263 e. The van der Waals surface area contributed by atoms with Crippen LogP contribution in [0.5, 0.6) is 0 Å². The Morgan fingerprint density at radius 3 is 2.85 bits per heavy atom. The number of amides is 1. The van der Waals surface area contributed by atoms with E-state index in [0.29, 0.717) is 5.92 Å². The van der Waals surface area contributed by atoms with Gasteiger partial charge in [0.1, 0.15) is 0 Å². The molecule has 0 N–H and O–H groups in total. The molecule has 3 nitrogen and oxygen atoms in total. The fourth-order valence-electron chi connectivity index (χ4n) is 4.30. The van der Waals surface area contributed by atoms with Crippen LogP contribution in [-0.4, -0.2) is 42.4 Å². The molecule has 1 aromatic heterocycles. The van der Waals surface area contributed by atoms with Crippen molar-refractivity contribution in [1.82, 2.24) is 9.80 Å². The minimum atomic E-state index is 0.214. The van der Waals surface area contributed by atoms with E-state index in [0.717, 1.165) is 43.9 Å². The Morgan fingerprint density at radius 1 is 1.23 bits per heavy atom. The molecule has 26 heavy (non-hydrogen) atoms. The SMILES string of the molecule is CN(CC1CCN(Cc2ccccc2)C1)C(=O)c1cc2c(s1)CCCC2. The predicted molar refractivity (Wildman–Crippen MR) is 108 cm³/mol. The Labute approximate surface area is 160 Å². The molecule has 1 atom stereocenters. The van der Waals surface area contributed by atoms with E-state index in [1.165, 1.54) is 35.3 Å². The highest BCUT2D eigenvalue weighted by atomic mass is 32.1. The average Bonchev–Trinajstić information content (AvgIpc) is 3.28. The molecule has 4 rings (SSSR count). The topological polar surface area (TPSA) is 23.6 Å². The molecule has 4 heteroatoms. The number of benzene rings is 1. The highest BCUT2D eigenvalue weighted by Crippen LogP contribution is 2.30. The molecule has 2 heterocycles. The first-order chi connectivity index (χ1) is 12.7. The zero-order valence-corrected chi connectivity index (χ0v) is 16.4. The van der Waals surface area contributed by atoms with E-state index in [2.05, 4.69) is 41.3 Å². The molecule has 1 saturated heterocycles. The largest absolute Gasteiger partial charge is 0.341 e. The van der Waals surface area contributed by atoms with Gasteiger partial charge in [0.2, 0.25) is 0 Å². The Balaban J connectivity index is 1.31. The molecule has 0 radical (unpaired) electrons. The summed E-state index contributed by atoms with van der Waals surface area (Å²) in [6.45, 7) is 4.11. The van der Waals surface area contributed by atoms with Crippen molar-refractivity contribution in [2.24, 2.45) is 5.92 Å². The standard InChI is InChI=1S/C22H28N2OS/c1-23(22(25)21-13-19-9-5-6-10-20(19)26-21)14-18-11-12-24(16-18)15-17-7-3-2-4-8-17/h2-4,7-8,13,18H,5-6,9-12,14-16H2,1H3. The third-order valence-corrected chi connectivity index (χ3v) is 6.93. The minimum absolute atomic E-state index is 0.214. The average molecular weight is 369 g/mol. The van der Waals surface area contributed by atoms with Gasteiger partial charge in [0, 0.05) is 31.6 Å². The molecular formula is C22H28N2OS. The monoisotopic (exact) mass is 368 g/mol. The van der Waals surface area contributed by atoms with Gasteiger partial charge in [-0.25, -0.2) is 0 Å². The Bertz CT molecular complexity index is 731. The van der Waals surface area contributed by atoms with Gasteiger partial charge in [0.05, 0.1) is 4.88 Å². The Morgan fingerprint density at radius 2 is 2.04 bits per heavy atom. The van der Waals surface area contributed by atoms with Gasteiger partial charge in [0.25, 0.3) is 5.91 Å². The number of hydrogen-bond donors (Lipinski definition) is 0. The van der Waals surface area contributed by atoms with Crippen LogP contribution in [0.4, 0.5) is 0 Å². The van der Waals surface area contributed by atoms with E-state index < -0.39 is 0 Å². The van der Waals surface area contributed by atoms with E-state index >= 15 is 0 Å². The number of rotatable bonds is 5. The van der Waals surface area contributed by atoms with E-state index in [1.807, 2.05) is 11.9 Å². The fraction of sp³-hybridized carbons (Fsp3) is 0.500. The molecular weight excluding hydrogens is 340 g/mol. The number of thiophene rings is 1. The van der Waals surface area contributed by atoms with E-state index in [-0.39, 0.29) is 5.91 Å². The summed E-state index contributed by atoms with van der Waals surface area (Å²) in [7, 11) is 1.97. The van der Waals surface area contributed by atoms with Gasteiger partial charge in [-0.1, -0.05) is 30.3 Å². The summed E-state index contributed by atoms with van der Waals surface area (Å²) >= 11 is 1.73. The molecule has 0 bridgehead atoms. The van der Waals surface area contributed by atoms with E-state index in [1.54, 1.807) is 11.3 Å². The van der Waals surface area contributed by atoms with Gasteiger partial charge in [-0.3, -0.25) is 9.69 Å². The van der Waals surface area contributed by atoms with Crippen LogP contribution in [-0.2, 0) is 19.4 Å². The number of carbonyl (C=O) groups excluding carboxylic acids is 1. The molecule has 1 unspecified atom stereocenters. The molecule has 0 saturated carbocycles. The first-order valence-electron chi connectivity index (χ1n) is 9.82. The highest BCUT2D eigenvalue weighted by molar-refractivity contribution is 7.14. The molecule has 1 aliphatic carbocycles. The van der Waals surface area contributed by atoms with Crippen LogP contribution in [0, 0.1) is 5.92 Å². The summed E-state index contributed by atoms with van der Waals surface area (Å²) in [6.07, 6.45) is 6.04. The van der Waals surface area contributed by atoms with Gasteiger partial charge in [-0.15, -0.1) is 11.3 Å². The van der Waals surface area contributed by atoms with Crippen molar-refractivity contribution in [2.75, 3.05) is 26.7 Å². The Hall–Kier alpha value is -1.65. The van der Waals surface area contributed by atoms with Gasteiger partial charge in [-0.2, -0.15) is 0 Å². The maximum Gasteiger partial charge on any atom is 0.263 e. The summed E-state index contributed by atoms with van der Waals surface area (Å²) in [5.74, 6) is 0.799. The lowest BCUT2D eigenvalue weighted by molar-refractivity contribution is 0.0778. The number of carbonyl (C=O) groups is 1. The zero-order chi connectivity index (χ0) is 17.9. The van der Waals surface area contributed by atoms with Crippen molar-refractivity contribution in [3.05, 3.63) is 57.3 Å². The summed E-state index contributed by atoms with van der Waals surface area (Å²) < 4.78 is 0. The minimum Gasteiger partial charge on any atom is -0.341 e. The number of aryl methyl sites for hydroxylation is 2. The maximum absolute atomic E-state index is 12.8. The van der Waals surface area contributed by atoms with Gasteiger partial charge < -0.3 is 4.90 Å². The number of likely N-dealkylation sites (tertiary alicyclic amines) is 1. The third kappa shape index (κ3) is 4.02. The lowest BCUT2D eigenvalue weighted by Gasteiger charge is -2.21. The molecule has 1 aliphatic heterocycles. The Kier molecular flexibility index (Phi) is 5.41. The second-order valence-electron chi connectivity index (χ2n) is 7.83. The van der Waals surface area contributed by atoms with Crippen molar-refractivity contribution in [2.45, 2.75) is 38.6 Å². The lowest BCUT2D eigenvalue weighted by Crippen LogP contribution is -2.32. The van der Waals surface area contributed by atoms with Gasteiger partial charge >= 0.3 is 0 Å². The predicted octanol–water partition coefficient (Wildman–Crippen LogP) is 4.22. The second-order valence-corrected chi connectivity index (χ2v) is 8.96. The van der Waals surface area contributed by atoms with E-state index in [4.69, 9.17) is 0 Å². The normalized spacial score (nSPS) is 20.1. The quantitative estimate of drug-likeness (QED) is 0.789. The molecule has 1 amide bonds. The van der Waals surface area contributed by atoms with Gasteiger partial charge in [0.15, 0.2) is 0 Å². The number of hydrogen-bond acceptors (Lipinski definition) is 3. The number of nitrogens with zero attached hydrogens (tertiary/aromatic N) is 2. The van der Waals surface area contributed by atoms with Crippen molar-refractivity contribution < 1.29 is 4.79 Å². The zero-order valence-electron chi connectivity index (χ0n) is 15.6. The van der Waals surface area contributed by atoms with Crippen molar-refractivity contribution in [3.63, 3.8) is 0 Å². The molecule has 1 aromatic carbocycles. The van der Waals surface area contributed by atoms with Crippen LogP contribution in [0.1, 0.15) is 44.9 Å². The van der Waals surface area contributed by atoms with Crippen LogP contribution in [0.2, 0.25) is 0 Å². The fourth-order valence-corrected chi connectivity index (χ4v) is 5.55. The third-order valence-electron chi connectivity index (χ3n) is 5.71. The van der Waals surface area contributed by atoms with Crippen LogP contribution in [0.3, 0.4) is 0 Å². The molecule has 138 valence electrons. The van der Waals surface area contributed by atoms with Crippen LogP contribution in [0.15, 0.2) is 36.4 Å².